The largest absolute Gasteiger partial charge is 0.295 e. The Morgan fingerprint density at radius 2 is 2.00 bits per heavy atom. The molecule has 5 heteroatoms. The van der Waals surface area contributed by atoms with Gasteiger partial charge in [-0.25, -0.2) is 0 Å². The van der Waals surface area contributed by atoms with Crippen molar-refractivity contribution < 1.29 is 17.4 Å². The molecule has 0 saturated carbocycles. The lowest BCUT2D eigenvalue weighted by Crippen LogP contribution is -2.33. The number of hydrogen-bond donors (Lipinski definition) is 0. The minimum Gasteiger partial charge on any atom is -0.295 e. The second kappa shape index (κ2) is 4.67. The van der Waals surface area contributed by atoms with E-state index in [9.17, 15) is 13.2 Å². The average molecular weight is 246 g/mol. The molecule has 1 rings (SSSR count). The molecule has 16 heavy (non-hydrogen) atoms. The van der Waals surface area contributed by atoms with E-state index in [2.05, 4.69) is 0 Å². The third kappa shape index (κ3) is 3.42. The second-order valence-electron chi connectivity index (χ2n) is 4.51. The zero-order chi connectivity index (χ0) is 12.5. The first-order chi connectivity index (χ1) is 7.20. The number of carbonyl (C=O) groups is 1. The number of Topliss-reactive ketones (excluding diaryl/α,β-unsaturated/α-hetero) is 1. The molecule has 0 aliphatic heterocycles. The van der Waals surface area contributed by atoms with Gasteiger partial charge in [-0.05, 0) is 24.3 Å². The summed E-state index contributed by atoms with van der Waals surface area (Å²) in [5.41, 5.74) is 0.666. The maximum absolute atomic E-state index is 11.3. The Balaban J connectivity index is 2.89. The van der Waals surface area contributed by atoms with Crippen LogP contribution in [0.4, 0.5) is 0 Å². The van der Waals surface area contributed by atoms with Crippen molar-refractivity contribution in [2.45, 2.75) is 33.3 Å². The molecule has 4 nitrogen and oxygen atoms in total. The molecule has 0 aromatic rings. The van der Waals surface area contributed by atoms with Gasteiger partial charge in [-0.2, -0.15) is 8.42 Å². The highest BCUT2D eigenvalue weighted by molar-refractivity contribution is 7.86. The summed E-state index contributed by atoms with van der Waals surface area (Å²) in [6.45, 7) is 5.39. The molecule has 3 atom stereocenters. The predicted molar refractivity (Wildman–Crippen MR) is 61.4 cm³/mol. The quantitative estimate of drug-likeness (QED) is 0.708. The van der Waals surface area contributed by atoms with Crippen LogP contribution in [0.3, 0.4) is 0 Å². The van der Waals surface area contributed by atoms with Crippen LogP contribution < -0.4 is 0 Å². The molecule has 0 N–H and O–H groups in total. The predicted octanol–water partition coefficient (Wildman–Crippen LogP) is 1.52. The van der Waals surface area contributed by atoms with Gasteiger partial charge in [-0.3, -0.25) is 8.98 Å². The van der Waals surface area contributed by atoms with Gasteiger partial charge in [0.1, 0.15) is 0 Å². The van der Waals surface area contributed by atoms with E-state index in [4.69, 9.17) is 4.18 Å². The molecule has 0 heterocycles. The molecule has 1 aliphatic carbocycles. The molecule has 0 aromatic heterocycles. The van der Waals surface area contributed by atoms with Crippen molar-refractivity contribution >= 4 is 15.9 Å². The van der Waals surface area contributed by atoms with E-state index in [0.29, 0.717) is 12.0 Å². The molecule has 0 fully saturated rings. The summed E-state index contributed by atoms with van der Waals surface area (Å²) in [5.74, 6) is 0.234. The first-order valence-electron chi connectivity index (χ1n) is 5.30. The Morgan fingerprint density at radius 1 is 1.44 bits per heavy atom. The van der Waals surface area contributed by atoms with Crippen LogP contribution in [-0.2, 0) is 19.1 Å². The summed E-state index contributed by atoms with van der Waals surface area (Å²) >= 11 is 0. The molecule has 92 valence electrons. The van der Waals surface area contributed by atoms with Crippen LogP contribution in [0.1, 0.15) is 27.2 Å². The Labute approximate surface area is 96.8 Å². The van der Waals surface area contributed by atoms with Crippen LogP contribution >= 0.6 is 0 Å². The van der Waals surface area contributed by atoms with Gasteiger partial charge in [0.15, 0.2) is 5.78 Å². The lowest BCUT2D eigenvalue weighted by atomic mass is 9.80. The van der Waals surface area contributed by atoms with Gasteiger partial charge in [0, 0.05) is 6.42 Å². The van der Waals surface area contributed by atoms with E-state index in [0.717, 1.165) is 6.26 Å². The van der Waals surface area contributed by atoms with E-state index in [1.54, 1.807) is 0 Å². The van der Waals surface area contributed by atoms with E-state index < -0.39 is 16.2 Å². The molecule has 1 aliphatic rings. The van der Waals surface area contributed by atoms with E-state index >= 15 is 0 Å². The fourth-order valence-electron chi connectivity index (χ4n) is 1.89. The first kappa shape index (κ1) is 13.4. The van der Waals surface area contributed by atoms with E-state index in [1.807, 2.05) is 19.9 Å². The number of allylic oxidation sites excluding steroid dienone is 1. The number of ketones is 1. The van der Waals surface area contributed by atoms with Crippen LogP contribution in [0.25, 0.3) is 0 Å². The number of hydrogen-bond acceptors (Lipinski definition) is 4. The minimum absolute atomic E-state index is 0.0131. The topological polar surface area (TPSA) is 60.4 Å². The van der Waals surface area contributed by atoms with Crippen molar-refractivity contribution in [3.63, 3.8) is 0 Å². The molecule has 0 bridgehead atoms. The molecule has 0 saturated heterocycles. The second-order valence-corrected chi connectivity index (χ2v) is 6.11. The summed E-state index contributed by atoms with van der Waals surface area (Å²) in [6.07, 6.45) is 2.91. The highest BCUT2D eigenvalue weighted by Gasteiger charge is 2.31. The van der Waals surface area contributed by atoms with Crippen LogP contribution in [0, 0.1) is 11.8 Å². The zero-order valence-corrected chi connectivity index (χ0v) is 10.9. The molecule has 0 radical (unpaired) electrons. The fraction of sp³-hybridized carbons (Fsp3) is 0.727. The summed E-state index contributed by atoms with van der Waals surface area (Å²) in [7, 11) is -3.47. The lowest BCUT2D eigenvalue weighted by Gasteiger charge is -2.31. The third-order valence-electron chi connectivity index (χ3n) is 3.05. The standard InChI is InChI=1S/C11H18O4S/c1-7-5-10(9(3)12)6-11(8(7)2)15-16(4,13)14/h5,7-8,11H,6H2,1-4H3/t7-,8-,11-/m1/s1. The average Bonchev–Trinajstić information content (AvgIpc) is 2.10. The molecule has 0 aromatic carbocycles. The lowest BCUT2D eigenvalue weighted by molar-refractivity contribution is -0.114. The fourth-order valence-corrected chi connectivity index (χ4v) is 2.58. The van der Waals surface area contributed by atoms with Gasteiger partial charge in [0.2, 0.25) is 0 Å². The van der Waals surface area contributed by atoms with Crippen LogP contribution in [0.2, 0.25) is 0 Å². The van der Waals surface area contributed by atoms with Gasteiger partial charge < -0.3 is 0 Å². The minimum atomic E-state index is -3.47. The number of rotatable bonds is 3. The maximum atomic E-state index is 11.3. The van der Waals surface area contributed by atoms with Gasteiger partial charge in [0.05, 0.1) is 12.4 Å². The van der Waals surface area contributed by atoms with Crippen LogP contribution in [-0.4, -0.2) is 26.6 Å². The Hall–Kier alpha value is -0.680. The molecular formula is C11H18O4S. The molecular weight excluding hydrogens is 228 g/mol. The third-order valence-corrected chi connectivity index (χ3v) is 3.65. The van der Waals surface area contributed by atoms with Crippen molar-refractivity contribution in [3.05, 3.63) is 11.6 Å². The normalized spacial score (nSPS) is 31.0. The Bertz CT molecular complexity index is 408. The maximum Gasteiger partial charge on any atom is 0.264 e. The molecule has 0 amide bonds. The van der Waals surface area contributed by atoms with Gasteiger partial charge in [-0.15, -0.1) is 0 Å². The van der Waals surface area contributed by atoms with Crippen molar-refractivity contribution in [2.75, 3.05) is 6.26 Å². The van der Waals surface area contributed by atoms with Crippen LogP contribution in [0.15, 0.2) is 11.6 Å². The van der Waals surface area contributed by atoms with E-state index in [-0.39, 0.29) is 17.6 Å². The van der Waals surface area contributed by atoms with Gasteiger partial charge in [-0.1, -0.05) is 19.9 Å². The summed E-state index contributed by atoms with van der Waals surface area (Å²) in [6, 6.07) is 0. The SMILES string of the molecule is CC(=O)C1=C[C@@H](C)[C@@H](C)[C@H](OS(C)(=O)=O)C1. The highest BCUT2D eigenvalue weighted by Crippen LogP contribution is 2.31. The smallest absolute Gasteiger partial charge is 0.264 e. The number of carbonyl (C=O) groups excluding carboxylic acids is 1. The van der Waals surface area contributed by atoms with Crippen LogP contribution in [0.5, 0.6) is 0 Å². The van der Waals surface area contributed by atoms with Crippen molar-refractivity contribution in [2.24, 2.45) is 11.8 Å². The Kier molecular flexibility index (Phi) is 3.91. The Morgan fingerprint density at radius 3 is 2.44 bits per heavy atom. The van der Waals surface area contributed by atoms with Gasteiger partial charge in [0.25, 0.3) is 10.1 Å². The van der Waals surface area contributed by atoms with E-state index in [1.165, 1.54) is 6.92 Å². The summed E-state index contributed by atoms with van der Waals surface area (Å²) < 4.78 is 27.2. The van der Waals surface area contributed by atoms with Crippen molar-refractivity contribution in [1.29, 1.82) is 0 Å². The zero-order valence-electron chi connectivity index (χ0n) is 10.1. The monoisotopic (exact) mass is 246 g/mol. The molecule has 0 spiro atoms. The summed E-state index contributed by atoms with van der Waals surface area (Å²) in [4.78, 5) is 11.3. The molecule has 0 unspecified atom stereocenters. The van der Waals surface area contributed by atoms with Gasteiger partial charge >= 0.3 is 0 Å². The summed E-state index contributed by atoms with van der Waals surface area (Å²) in [5, 5.41) is 0. The van der Waals surface area contributed by atoms with Crippen molar-refractivity contribution in [1.82, 2.24) is 0 Å². The highest BCUT2D eigenvalue weighted by atomic mass is 32.2. The van der Waals surface area contributed by atoms with Crippen molar-refractivity contribution in [3.8, 4) is 0 Å². The first-order valence-corrected chi connectivity index (χ1v) is 7.12.